The summed E-state index contributed by atoms with van der Waals surface area (Å²) in [5.41, 5.74) is -0.357. The summed E-state index contributed by atoms with van der Waals surface area (Å²) >= 11 is 0. The van der Waals surface area contributed by atoms with Gasteiger partial charge in [-0.15, -0.1) is 0 Å². The van der Waals surface area contributed by atoms with Crippen LogP contribution in [0.25, 0.3) is 0 Å². The van der Waals surface area contributed by atoms with Crippen molar-refractivity contribution in [3.63, 3.8) is 0 Å². The highest BCUT2D eigenvalue weighted by Crippen LogP contribution is 2.45. The van der Waals surface area contributed by atoms with Gasteiger partial charge in [0.15, 0.2) is 0 Å². The number of nitrogens with zero attached hydrogens (tertiary/aromatic N) is 1. The van der Waals surface area contributed by atoms with Crippen molar-refractivity contribution in [2.45, 2.75) is 39.0 Å². The smallest absolute Gasteiger partial charge is 0.147 e. The third-order valence-electron chi connectivity index (χ3n) is 3.48. The molecule has 0 amide bonds. The van der Waals surface area contributed by atoms with E-state index in [0.717, 1.165) is 25.7 Å². The molecular weight excluding hydrogens is 210 g/mol. The van der Waals surface area contributed by atoms with Crippen molar-refractivity contribution in [1.82, 2.24) is 0 Å². The zero-order valence-electron chi connectivity index (χ0n) is 9.49. The summed E-state index contributed by atoms with van der Waals surface area (Å²) in [6.45, 7) is 2.13. The number of hydrogen-bond acceptors (Lipinski definition) is 3. The molecule has 15 heavy (non-hydrogen) atoms. The zero-order chi connectivity index (χ0) is 11.5. The highest BCUT2D eigenvalue weighted by atomic mass is 32.2. The van der Waals surface area contributed by atoms with E-state index < -0.39 is 9.84 Å². The molecule has 0 spiro atoms. The third-order valence-corrected chi connectivity index (χ3v) is 4.42. The van der Waals surface area contributed by atoms with Gasteiger partial charge in [-0.1, -0.05) is 13.3 Å². The quantitative estimate of drug-likeness (QED) is 0.742. The molecule has 4 heteroatoms. The lowest BCUT2D eigenvalue weighted by atomic mass is 9.84. The maximum atomic E-state index is 11.1. The van der Waals surface area contributed by atoms with Gasteiger partial charge in [-0.25, -0.2) is 8.42 Å². The van der Waals surface area contributed by atoms with Crippen LogP contribution in [0.2, 0.25) is 0 Å². The lowest BCUT2D eigenvalue weighted by molar-refractivity contribution is 0.370. The van der Waals surface area contributed by atoms with Crippen molar-refractivity contribution >= 4 is 9.84 Å². The first-order valence-electron chi connectivity index (χ1n) is 5.50. The van der Waals surface area contributed by atoms with Crippen LogP contribution in [0.15, 0.2) is 0 Å². The van der Waals surface area contributed by atoms with Crippen LogP contribution in [-0.2, 0) is 9.84 Å². The molecule has 1 rings (SSSR count). The molecule has 1 fully saturated rings. The van der Waals surface area contributed by atoms with E-state index in [4.69, 9.17) is 0 Å². The lowest BCUT2D eigenvalue weighted by Gasteiger charge is -2.20. The van der Waals surface area contributed by atoms with Gasteiger partial charge in [-0.05, 0) is 31.6 Å². The summed E-state index contributed by atoms with van der Waals surface area (Å²) in [5, 5.41) is 9.18. The molecule has 0 saturated heterocycles. The van der Waals surface area contributed by atoms with Gasteiger partial charge in [-0.2, -0.15) is 5.26 Å². The van der Waals surface area contributed by atoms with E-state index in [2.05, 4.69) is 13.0 Å². The monoisotopic (exact) mass is 229 g/mol. The Labute approximate surface area is 92.4 Å². The second kappa shape index (κ2) is 4.52. The van der Waals surface area contributed by atoms with E-state index in [1.165, 1.54) is 6.26 Å². The van der Waals surface area contributed by atoms with Crippen LogP contribution < -0.4 is 0 Å². The molecule has 0 aromatic carbocycles. The molecule has 0 bridgehead atoms. The molecule has 86 valence electrons. The molecule has 0 aromatic rings. The van der Waals surface area contributed by atoms with Gasteiger partial charge >= 0.3 is 0 Å². The van der Waals surface area contributed by atoms with Gasteiger partial charge in [0, 0.05) is 6.26 Å². The van der Waals surface area contributed by atoms with Crippen LogP contribution in [0.5, 0.6) is 0 Å². The SMILES string of the molecule is CCC1CCC(C#N)(CCS(C)(=O)=O)C1. The Kier molecular flexibility index (Phi) is 3.77. The molecule has 1 saturated carbocycles. The molecule has 0 aromatic heterocycles. The molecule has 0 N–H and O–H groups in total. The molecule has 0 radical (unpaired) electrons. The van der Waals surface area contributed by atoms with E-state index >= 15 is 0 Å². The van der Waals surface area contributed by atoms with E-state index in [0.29, 0.717) is 12.3 Å². The molecule has 1 aliphatic rings. The first-order valence-corrected chi connectivity index (χ1v) is 7.56. The molecule has 0 heterocycles. The fraction of sp³-hybridized carbons (Fsp3) is 0.909. The molecule has 2 unspecified atom stereocenters. The van der Waals surface area contributed by atoms with Gasteiger partial charge in [0.1, 0.15) is 9.84 Å². The predicted molar refractivity (Wildman–Crippen MR) is 60.0 cm³/mol. The average molecular weight is 229 g/mol. The van der Waals surface area contributed by atoms with Gasteiger partial charge in [0.05, 0.1) is 17.2 Å². The largest absolute Gasteiger partial charge is 0.229 e. The molecule has 1 aliphatic carbocycles. The van der Waals surface area contributed by atoms with Crippen molar-refractivity contribution in [3.8, 4) is 6.07 Å². The van der Waals surface area contributed by atoms with Crippen molar-refractivity contribution in [2.75, 3.05) is 12.0 Å². The van der Waals surface area contributed by atoms with Crippen molar-refractivity contribution in [3.05, 3.63) is 0 Å². The Morgan fingerprint density at radius 2 is 2.20 bits per heavy atom. The standard InChI is InChI=1S/C11H19NO2S/c1-3-10-4-5-11(8-10,9-12)6-7-15(2,13)14/h10H,3-8H2,1-2H3. The van der Waals surface area contributed by atoms with Crippen molar-refractivity contribution in [2.24, 2.45) is 11.3 Å². The number of rotatable bonds is 4. The minimum atomic E-state index is -2.94. The fourth-order valence-electron chi connectivity index (χ4n) is 2.35. The predicted octanol–water partition coefficient (Wildman–Crippen LogP) is 2.14. The molecule has 3 nitrogen and oxygen atoms in total. The van der Waals surface area contributed by atoms with Crippen LogP contribution >= 0.6 is 0 Å². The average Bonchev–Trinajstić information content (AvgIpc) is 2.58. The topological polar surface area (TPSA) is 57.9 Å². The first-order chi connectivity index (χ1) is 6.91. The highest BCUT2D eigenvalue weighted by Gasteiger charge is 2.38. The Morgan fingerprint density at radius 1 is 1.53 bits per heavy atom. The maximum Gasteiger partial charge on any atom is 0.147 e. The van der Waals surface area contributed by atoms with Gasteiger partial charge in [-0.3, -0.25) is 0 Å². The first kappa shape index (κ1) is 12.5. The Bertz CT molecular complexity index is 355. The zero-order valence-corrected chi connectivity index (χ0v) is 10.3. The second-order valence-corrected chi connectivity index (χ2v) is 7.05. The third kappa shape index (κ3) is 3.49. The van der Waals surface area contributed by atoms with Gasteiger partial charge in [0.2, 0.25) is 0 Å². The van der Waals surface area contributed by atoms with E-state index in [1.807, 2.05) is 0 Å². The van der Waals surface area contributed by atoms with E-state index in [1.54, 1.807) is 0 Å². The minimum Gasteiger partial charge on any atom is -0.229 e. The summed E-state index contributed by atoms with van der Waals surface area (Å²) in [6, 6.07) is 2.35. The summed E-state index contributed by atoms with van der Waals surface area (Å²) in [4.78, 5) is 0. The van der Waals surface area contributed by atoms with Crippen molar-refractivity contribution < 1.29 is 8.42 Å². The molecule has 0 aliphatic heterocycles. The fourth-order valence-corrected chi connectivity index (χ4v) is 3.11. The number of hydrogen-bond donors (Lipinski definition) is 0. The summed E-state index contributed by atoms with van der Waals surface area (Å²) in [7, 11) is -2.94. The molecule has 2 atom stereocenters. The van der Waals surface area contributed by atoms with Gasteiger partial charge < -0.3 is 0 Å². The van der Waals surface area contributed by atoms with E-state index in [-0.39, 0.29) is 11.2 Å². The van der Waals surface area contributed by atoms with Crippen LogP contribution in [0, 0.1) is 22.7 Å². The summed E-state index contributed by atoms with van der Waals surface area (Å²) < 4.78 is 22.2. The van der Waals surface area contributed by atoms with E-state index in [9.17, 15) is 13.7 Å². The highest BCUT2D eigenvalue weighted by molar-refractivity contribution is 7.90. The lowest BCUT2D eigenvalue weighted by Crippen LogP contribution is -2.19. The number of nitriles is 1. The van der Waals surface area contributed by atoms with Crippen LogP contribution in [0.3, 0.4) is 0 Å². The Balaban J connectivity index is 2.61. The van der Waals surface area contributed by atoms with Crippen LogP contribution in [-0.4, -0.2) is 20.4 Å². The second-order valence-electron chi connectivity index (χ2n) is 4.79. The minimum absolute atomic E-state index is 0.150. The van der Waals surface area contributed by atoms with Crippen molar-refractivity contribution in [1.29, 1.82) is 5.26 Å². The Morgan fingerprint density at radius 3 is 2.60 bits per heavy atom. The van der Waals surface area contributed by atoms with Gasteiger partial charge in [0.25, 0.3) is 0 Å². The maximum absolute atomic E-state index is 11.1. The Hall–Kier alpha value is -0.560. The normalized spacial score (nSPS) is 31.4. The summed E-state index contributed by atoms with van der Waals surface area (Å²) in [5.74, 6) is 0.765. The van der Waals surface area contributed by atoms with Crippen LogP contribution in [0.1, 0.15) is 39.0 Å². The summed E-state index contributed by atoms with van der Waals surface area (Å²) in [6.07, 6.45) is 5.69. The van der Waals surface area contributed by atoms with Crippen LogP contribution in [0.4, 0.5) is 0 Å². The number of sulfone groups is 1. The molecular formula is C11H19NO2S.